The number of allylic oxidation sites excluding steroid dienone is 3. The third-order valence-corrected chi connectivity index (χ3v) is 5.19. The van der Waals surface area contributed by atoms with Crippen molar-refractivity contribution in [1.82, 2.24) is 0 Å². The molecule has 0 aromatic carbocycles. The van der Waals surface area contributed by atoms with Gasteiger partial charge in [-0.1, -0.05) is 51.8 Å². The molecule has 5 atom stereocenters. The summed E-state index contributed by atoms with van der Waals surface area (Å²) >= 11 is 0. The Morgan fingerprint density at radius 1 is 1.38 bits per heavy atom. The van der Waals surface area contributed by atoms with Gasteiger partial charge in [-0.3, -0.25) is 4.79 Å². The number of fused-ring (bicyclic) bond motifs is 1. The molecule has 0 aromatic heterocycles. The van der Waals surface area contributed by atoms with E-state index in [1.807, 2.05) is 20.8 Å². The molecular weight excluding hydrogens is 300 g/mol. The summed E-state index contributed by atoms with van der Waals surface area (Å²) in [7, 11) is 1.41. The van der Waals surface area contributed by atoms with Crippen LogP contribution >= 0.6 is 0 Å². The fourth-order valence-corrected chi connectivity index (χ4v) is 3.48. The Morgan fingerprint density at radius 3 is 2.42 bits per heavy atom. The molecule has 0 radical (unpaired) electrons. The van der Waals surface area contributed by atoms with E-state index in [1.54, 1.807) is 6.08 Å². The van der Waals surface area contributed by atoms with Crippen LogP contribution in [0, 0.1) is 29.6 Å². The largest absolute Gasteiger partial charge is 0.469 e. The molecule has 3 heteroatoms. The summed E-state index contributed by atoms with van der Waals surface area (Å²) < 4.78 is 4.46. The Balaban J connectivity index is 0.000000415. The van der Waals surface area contributed by atoms with Crippen LogP contribution < -0.4 is 0 Å². The lowest BCUT2D eigenvalue weighted by molar-refractivity contribution is -0.144. The van der Waals surface area contributed by atoms with Gasteiger partial charge in [-0.05, 0) is 49.9 Å². The summed E-state index contributed by atoms with van der Waals surface area (Å²) in [6.45, 7) is 11.7. The van der Waals surface area contributed by atoms with E-state index in [0.29, 0.717) is 18.4 Å². The van der Waals surface area contributed by atoms with Gasteiger partial charge in [0.15, 0.2) is 0 Å². The van der Waals surface area contributed by atoms with Crippen LogP contribution in [-0.2, 0) is 9.53 Å². The first-order chi connectivity index (χ1) is 11.5. The molecule has 2 rings (SSSR count). The smallest absolute Gasteiger partial charge is 0.308 e. The summed E-state index contributed by atoms with van der Waals surface area (Å²) in [5.74, 6) is 2.62. The van der Waals surface area contributed by atoms with Crippen molar-refractivity contribution >= 4 is 5.97 Å². The van der Waals surface area contributed by atoms with E-state index < -0.39 is 0 Å². The third kappa shape index (κ3) is 7.65. The fourth-order valence-electron chi connectivity index (χ4n) is 3.48. The molecular formula is C21H38O3. The predicted molar refractivity (Wildman–Crippen MR) is 102 cm³/mol. The van der Waals surface area contributed by atoms with Gasteiger partial charge in [0.05, 0.1) is 13.0 Å². The van der Waals surface area contributed by atoms with Gasteiger partial charge in [-0.25, -0.2) is 0 Å². The summed E-state index contributed by atoms with van der Waals surface area (Å²) in [6.07, 6.45) is 12.8. The Bertz CT molecular complexity index is 375. The highest BCUT2D eigenvalue weighted by Crippen LogP contribution is 2.42. The molecule has 0 aliphatic heterocycles. The van der Waals surface area contributed by atoms with E-state index in [-0.39, 0.29) is 11.9 Å². The molecule has 1 saturated carbocycles. The van der Waals surface area contributed by atoms with Gasteiger partial charge in [0.2, 0.25) is 0 Å². The Morgan fingerprint density at radius 2 is 1.96 bits per heavy atom. The average Bonchev–Trinajstić information content (AvgIpc) is 2.61. The van der Waals surface area contributed by atoms with Crippen LogP contribution in [0.25, 0.3) is 0 Å². The number of rotatable bonds is 3. The van der Waals surface area contributed by atoms with E-state index in [4.69, 9.17) is 0 Å². The van der Waals surface area contributed by atoms with Crippen LogP contribution in [0.15, 0.2) is 24.8 Å². The monoisotopic (exact) mass is 338 g/mol. The van der Waals surface area contributed by atoms with E-state index >= 15 is 0 Å². The minimum atomic E-state index is -0.118. The van der Waals surface area contributed by atoms with Crippen LogP contribution in [0.1, 0.15) is 59.8 Å². The van der Waals surface area contributed by atoms with E-state index in [1.165, 1.54) is 32.8 Å². The molecule has 0 saturated heterocycles. The van der Waals surface area contributed by atoms with Crippen molar-refractivity contribution in [2.24, 2.45) is 29.6 Å². The zero-order valence-corrected chi connectivity index (χ0v) is 16.3. The zero-order chi connectivity index (χ0) is 18.5. The lowest BCUT2D eigenvalue weighted by Crippen LogP contribution is -2.34. The SMILES string of the molecule is C=CC.CC1C=CC2CCCCC2C1CO.CCC(C)C(=O)OC. The number of aliphatic hydroxyl groups excluding tert-OH is 1. The predicted octanol–water partition coefficient (Wildman–Crippen LogP) is 5.01. The van der Waals surface area contributed by atoms with Gasteiger partial charge in [-0.2, -0.15) is 0 Å². The van der Waals surface area contributed by atoms with E-state index in [0.717, 1.165) is 18.3 Å². The van der Waals surface area contributed by atoms with Crippen molar-refractivity contribution in [2.75, 3.05) is 13.7 Å². The number of hydrogen-bond acceptors (Lipinski definition) is 3. The summed E-state index contributed by atoms with van der Waals surface area (Å²) in [5.41, 5.74) is 0. The first-order valence-corrected chi connectivity index (χ1v) is 9.40. The maximum Gasteiger partial charge on any atom is 0.308 e. The van der Waals surface area contributed by atoms with Gasteiger partial charge in [0.1, 0.15) is 0 Å². The van der Waals surface area contributed by atoms with E-state index in [9.17, 15) is 9.90 Å². The normalized spacial score (nSPS) is 28.9. The molecule has 2 aliphatic rings. The first kappa shape index (κ1) is 22.9. The van der Waals surface area contributed by atoms with Crippen molar-refractivity contribution in [3.05, 3.63) is 24.8 Å². The number of carbonyl (C=O) groups is 1. The van der Waals surface area contributed by atoms with Crippen molar-refractivity contribution in [3.63, 3.8) is 0 Å². The zero-order valence-electron chi connectivity index (χ0n) is 16.3. The van der Waals surface area contributed by atoms with Crippen LogP contribution in [-0.4, -0.2) is 24.8 Å². The van der Waals surface area contributed by atoms with Gasteiger partial charge < -0.3 is 9.84 Å². The second-order valence-electron chi connectivity index (χ2n) is 6.94. The van der Waals surface area contributed by atoms with Crippen LogP contribution in [0.5, 0.6) is 0 Å². The molecule has 5 unspecified atom stereocenters. The molecule has 2 aliphatic carbocycles. The third-order valence-electron chi connectivity index (χ3n) is 5.19. The quantitative estimate of drug-likeness (QED) is 0.581. The second-order valence-corrected chi connectivity index (χ2v) is 6.94. The minimum absolute atomic E-state index is 0.0556. The molecule has 1 fully saturated rings. The number of methoxy groups -OCH3 is 1. The van der Waals surface area contributed by atoms with Crippen LogP contribution in [0.4, 0.5) is 0 Å². The maximum absolute atomic E-state index is 10.5. The molecule has 0 spiro atoms. The highest BCUT2D eigenvalue weighted by Gasteiger charge is 2.34. The number of esters is 1. The van der Waals surface area contributed by atoms with Crippen LogP contribution in [0.3, 0.4) is 0 Å². The van der Waals surface area contributed by atoms with Crippen molar-refractivity contribution in [1.29, 1.82) is 0 Å². The number of aliphatic hydroxyl groups is 1. The number of hydrogen-bond donors (Lipinski definition) is 1. The topological polar surface area (TPSA) is 46.5 Å². The highest BCUT2D eigenvalue weighted by molar-refractivity contribution is 5.71. The lowest BCUT2D eigenvalue weighted by Gasteiger charge is -2.40. The average molecular weight is 339 g/mol. The van der Waals surface area contributed by atoms with Crippen LogP contribution in [0.2, 0.25) is 0 Å². The molecule has 1 N–H and O–H groups in total. The van der Waals surface area contributed by atoms with E-state index in [2.05, 4.69) is 30.4 Å². The van der Waals surface area contributed by atoms with Gasteiger partial charge in [0.25, 0.3) is 0 Å². The number of carbonyl (C=O) groups excluding carboxylic acids is 1. The molecule has 0 bridgehead atoms. The fraction of sp³-hybridized carbons (Fsp3) is 0.762. The Labute approximate surface area is 149 Å². The molecule has 140 valence electrons. The first-order valence-electron chi connectivity index (χ1n) is 9.40. The highest BCUT2D eigenvalue weighted by atomic mass is 16.5. The summed E-state index contributed by atoms with van der Waals surface area (Å²) in [4.78, 5) is 10.5. The standard InChI is InChI=1S/C12H20O.C6H12O2.C3H6/c1-9-6-7-10-4-2-3-5-11(10)12(9)8-13;1-4-5(2)6(7)8-3;1-3-2/h6-7,9-13H,2-5,8H2,1H3;5H,4H2,1-3H3;3H,1H2,2H3. The van der Waals surface area contributed by atoms with Crippen molar-refractivity contribution in [2.45, 2.75) is 59.8 Å². The van der Waals surface area contributed by atoms with Gasteiger partial charge in [-0.15, -0.1) is 6.58 Å². The van der Waals surface area contributed by atoms with Crippen molar-refractivity contribution in [3.8, 4) is 0 Å². The molecule has 0 aromatic rings. The lowest BCUT2D eigenvalue weighted by atomic mass is 9.65. The number of ether oxygens (including phenoxy) is 1. The molecule has 3 nitrogen and oxygen atoms in total. The Hall–Kier alpha value is -1.09. The molecule has 0 heterocycles. The summed E-state index contributed by atoms with van der Waals surface area (Å²) in [5, 5.41) is 9.37. The molecule has 24 heavy (non-hydrogen) atoms. The Kier molecular flexibility index (Phi) is 12.6. The minimum Gasteiger partial charge on any atom is -0.469 e. The second kappa shape index (κ2) is 13.2. The van der Waals surface area contributed by atoms with Gasteiger partial charge >= 0.3 is 5.97 Å². The maximum atomic E-state index is 10.5. The van der Waals surface area contributed by atoms with Crippen molar-refractivity contribution < 1.29 is 14.6 Å². The molecule has 0 amide bonds. The summed E-state index contributed by atoms with van der Waals surface area (Å²) in [6, 6.07) is 0. The van der Waals surface area contributed by atoms with Gasteiger partial charge in [0, 0.05) is 6.61 Å².